The van der Waals surface area contributed by atoms with Gasteiger partial charge in [-0.05, 0) is 52.2 Å². The van der Waals surface area contributed by atoms with Crippen LogP contribution in [0.25, 0.3) is 0 Å². The number of hydrogen-bond acceptors (Lipinski definition) is 2. The van der Waals surface area contributed by atoms with Gasteiger partial charge in [0.15, 0.2) is 4.67 Å². The maximum atomic E-state index is 13.0. The molecule has 0 spiro atoms. The lowest BCUT2D eigenvalue weighted by Gasteiger charge is -2.09. The van der Waals surface area contributed by atoms with Crippen molar-refractivity contribution in [1.82, 2.24) is 0 Å². The molecule has 90 valence electrons. The first-order valence-electron chi connectivity index (χ1n) is 5.01. The number of rotatable bonds is 3. The van der Waals surface area contributed by atoms with Crippen molar-refractivity contribution in [2.45, 2.75) is 12.5 Å². The molecule has 1 aromatic heterocycles. The Kier molecular flexibility index (Phi) is 3.86. The summed E-state index contributed by atoms with van der Waals surface area (Å²) in [4.78, 5) is 0. The summed E-state index contributed by atoms with van der Waals surface area (Å²) in [5.41, 5.74) is 6.85. The molecule has 0 bridgehead atoms. The van der Waals surface area contributed by atoms with Crippen molar-refractivity contribution < 1.29 is 8.81 Å². The topological polar surface area (TPSA) is 39.2 Å². The smallest absolute Gasteiger partial charge is 0.169 e. The standard InChI is InChI=1S/C12H10BrClFNO/c13-12-4-3-11(17-12)10(16)6-7-1-2-9(15)8(14)5-7/h1-5,10H,6,16H2. The minimum absolute atomic E-state index is 0.107. The second-order valence-corrected chi connectivity index (χ2v) is 4.89. The first-order chi connectivity index (χ1) is 8.06. The maximum absolute atomic E-state index is 13.0. The minimum Gasteiger partial charge on any atom is -0.453 e. The number of halogens is 3. The van der Waals surface area contributed by atoms with Crippen LogP contribution in [-0.2, 0) is 6.42 Å². The average Bonchev–Trinajstić information content (AvgIpc) is 2.70. The number of furan rings is 1. The second-order valence-electron chi connectivity index (χ2n) is 3.70. The van der Waals surface area contributed by atoms with Gasteiger partial charge in [-0.3, -0.25) is 0 Å². The maximum Gasteiger partial charge on any atom is 0.169 e. The Labute approximate surface area is 112 Å². The van der Waals surface area contributed by atoms with Gasteiger partial charge < -0.3 is 10.2 Å². The first-order valence-corrected chi connectivity index (χ1v) is 6.18. The third-order valence-corrected chi connectivity index (χ3v) is 3.11. The number of benzene rings is 1. The molecule has 2 aromatic rings. The van der Waals surface area contributed by atoms with Crippen molar-refractivity contribution >= 4 is 27.5 Å². The lowest BCUT2D eigenvalue weighted by molar-refractivity contribution is 0.448. The van der Waals surface area contributed by atoms with Gasteiger partial charge in [-0.15, -0.1) is 0 Å². The molecule has 0 radical (unpaired) electrons. The average molecular weight is 319 g/mol. The van der Waals surface area contributed by atoms with E-state index >= 15 is 0 Å². The SMILES string of the molecule is NC(Cc1ccc(F)c(Cl)c1)c1ccc(Br)o1. The van der Waals surface area contributed by atoms with Crippen molar-refractivity contribution in [3.05, 3.63) is 57.2 Å². The molecule has 2 nitrogen and oxygen atoms in total. The predicted octanol–water partition coefficient (Wildman–Crippen LogP) is 4.08. The van der Waals surface area contributed by atoms with E-state index in [-0.39, 0.29) is 11.1 Å². The van der Waals surface area contributed by atoms with Gasteiger partial charge in [-0.1, -0.05) is 17.7 Å². The molecule has 1 heterocycles. The zero-order valence-corrected chi connectivity index (χ0v) is 11.1. The molecular formula is C12H10BrClFNO. The lowest BCUT2D eigenvalue weighted by Crippen LogP contribution is -2.12. The van der Waals surface area contributed by atoms with Gasteiger partial charge in [-0.2, -0.15) is 0 Å². The normalized spacial score (nSPS) is 12.7. The fraction of sp³-hybridized carbons (Fsp3) is 0.167. The van der Waals surface area contributed by atoms with Gasteiger partial charge in [0.1, 0.15) is 11.6 Å². The van der Waals surface area contributed by atoms with Crippen molar-refractivity contribution in [3.8, 4) is 0 Å². The summed E-state index contributed by atoms with van der Waals surface area (Å²) < 4.78 is 19.0. The van der Waals surface area contributed by atoms with E-state index in [1.54, 1.807) is 24.3 Å². The summed E-state index contributed by atoms with van der Waals surface area (Å²) in [5.74, 6) is 0.252. The van der Waals surface area contributed by atoms with E-state index in [0.717, 1.165) is 5.56 Å². The molecule has 1 atom stereocenters. The van der Waals surface area contributed by atoms with Crippen molar-refractivity contribution in [3.63, 3.8) is 0 Å². The number of nitrogens with two attached hydrogens (primary N) is 1. The Morgan fingerprint density at radius 3 is 2.71 bits per heavy atom. The Balaban J connectivity index is 2.12. The van der Waals surface area contributed by atoms with Crippen LogP contribution in [0.15, 0.2) is 39.4 Å². The van der Waals surface area contributed by atoms with Crippen LogP contribution in [0.4, 0.5) is 4.39 Å². The molecule has 1 unspecified atom stereocenters. The van der Waals surface area contributed by atoms with E-state index < -0.39 is 5.82 Å². The molecule has 0 amide bonds. The first kappa shape index (κ1) is 12.6. The van der Waals surface area contributed by atoms with Crippen molar-refractivity contribution in [1.29, 1.82) is 0 Å². The summed E-state index contributed by atoms with van der Waals surface area (Å²) in [7, 11) is 0. The Morgan fingerprint density at radius 1 is 1.35 bits per heavy atom. The molecule has 0 saturated carbocycles. The van der Waals surface area contributed by atoms with Crippen LogP contribution in [0.2, 0.25) is 5.02 Å². The molecule has 2 N–H and O–H groups in total. The van der Waals surface area contributed by atoms with Crippen molar-refractivity contribution in [2.24, 2.45) is 5.73 Å². The molecule has 0 aliphatic heterocycles. The fourth-order valence-corrected chi connectivity index (χ4v) is 2.07. The Hall–Kier alpha value is -0.840. The predicted molar refractivity (Wildman–Crippen MR) is 68.5 cm³/mol. The van der Waals surface area contributed by atoms with E-state index in [0.29, 0.717) is 16.9 Å². The zero-order chi connectivity index (χ0) is 12.4. The Bertz CT molecular complexity index is 529. The molecule has 0 fully saturated rings. The number of hydrogen-bond donors (Lipinski definition) is 1. The quantitative estimate of drug-likeness (QED) is 0.926. The molecule has 2 rings (SSSR count). The summed E-state index contributed by atoms with van der Waals surface area (Å²) in [6, 6.07) is 7.89. The molecule has 0 aliphatic rings. The van der Waals surface area contributed by atoms with Gasteiger partial charge in [0.2, 0.25) is 0 Å². The van der Waals surface area contributed by atoms with Gasteiger partial charge in [0.25, 0.3) is 0 Å². The Morgan fingerprint density at radius 2 is 2.12 bits per heavy atom. The fourth-order valence-electron chi connectivity index (χ4n) is 1.55. The van der Waals surface area contributed by atoms with Crippen LogP contribution in [-0.4, -0.2) is 0 Å². The van der Waals surface area contributed by atoms with Crippen LogP contribution in [0.3, 0.4) is 0 Å². The van der Waals surface area contributed by atoms with E-state index in [9.17, 15) is 4.39 Å². The van der Waals surface area contributed by atoms with Gasteiger partial charge in [0, 0.05) is 0 Å². The molecule has 0 saturated heterocycles. The third-order valence-electron chi connectivity index (χ3n) is 2.40. The van der Waals surface area contributed by atoms with Gasteiger partial charge >= 0.3 is 0 Å². The van der Waals surface area contributed by atoms with E-state index in [2.05, 4.69) is 15.9 Å². The summed E-state index contributed by atoms with van der Waals surface area (Å²) in [6.45, 7) is 0. The zero-order valence-electron chi connectivity index (χ0n) is 8.79. The van der Waals surface area contributed by atoms with Crippen molar-refractivity contribution in [2.75, 3.05) is 0 Å². The van der Waals surface area contributed by atoms with Gasteiger partial charge in [-0.25, -0.2) is 4.39 Å². The molecular weight excluding hydrogens is 308 g/mol. The van der Waals surface area contributed by atoms with Crippen LogP contribution in [0.5, 0.6) is 0 Å². The van der Waals surface area contributed by atoms with Crippen LogP contribution >= 0.6 is 27.5 Å². The summed E-state index contributed by atoms with van der Waals surface area (Å²) in [6.07, 6.45) is 0.542. The molecule has 5 heteroatoms. The largest absolute Gasteiger partial charge is 0.453 e. The van der Waals surface area contributed by atoms with Crippen LogP contribution in [0, 0.1) is 5.82 Å². The molecule has 17 heavy (non-hydrogen) atoms. The lowest BCUT2D eigenvalue weighted by atomic mass is 10.0. The highest BCUT2D eigenvalue weighted by Crippen LogP contribution is 2.23. The van der Waals surface area contributed by atoms with Crippen LogP contribution in [0.1, 0.15) is 17.4 Å². The molecule has 0 aliphatic carbocycles. The second kappa shape index (κ2) is 5.21. The summed E-state index contributed by atoms with van der Waals surface area (Å²) >= 11 is 8.91. The highest BCUT2D eigenvalue weighted by atomic mass is 79.9. The van der Waals surface area contributed by atoms with E-state index in [1.807, 2.05) is 0 Å². The summed E-state index contributed by atoms with van der Waals surface area (Å²) in [5, 5.41) is 0.107. The highest BCUT2D eigenvalue weighted by molar-refractivity contribution is 9.10. The van der Waals surface area contributed by atoms with Gasteiger partial charge in [0.05, 0.1) is 11.1 Å². The highest BCUT2D eigenvalue weighted by Gasteiger charge is 2.12. The molecule has 1 aromatic carbocycles. The minimum atomic E-state index is -0.426. The van der Waals surface area contributed by atoms with E-state index in [4.69, 9.17) is 21.8 Å². The van der Waals surface area contributed by atoms with E-state index in [1.165, 1.54) is 6.07 Å². The van der Waals surface area contributed by atoms with Crippen LogP contribution < -0.4 is 5.73 Å². The third kappa shape index (κ3) is 3.09. The monoisotopic (exact) mass is 317 g/mol.